The first kappa shape index (κ1) is 62.6. The van der Waals surface area contributed by atoms with Gasteiger partial charge in [-0.25, -0.2) is 0 Å². The Morgan fingerprint density at radius 3 is 0.785 bits per heavy atom. The summed E-state index contributed by atoms with van der Waals surface area (Å²) < 4.78 is 16.8. The third-order valence-electron chi connectivity index (χ3n) is 12.6. The van der Waals surface area contributed by atoms with Crippen LogP contribution >= 0.6 is 0 Å². The minimum atomic E-state index is -0.778. The normalized spacial score (nSPS) is 12.2. The van der Waals surface area contributed by atoms with E-state index in [9.17, 15) is 14.4 Å². The molecule has 6 nitrogen and oxygen atoms in total. The highest BCUT2D eigenvalue weighted by molar-refractivity contribution is 5.71. The topological polar surface area (TPSA) is 78.9 Å². The molecule has 0 saturated carbocycles. The standard InChI is InChI=1S/C59H108O6/c1-4-7-10-13-16-19-22-25-27-28-29-30-32-34-37-40-43-46-49-52-58(61)64-55-56(54-63-57(60)51-48-45-42-39-36-33-24-21-18-15-12-9-6-3)65-59(62)53-50-47-44-41-38-35-31-26-23-20-17-14-11-8-5-2/h21,24-27,31,56H,4-20,22-23,28-30,32-55H2,1-3H3/b24-21-,27-25-,31-26-. The molecule has 0 N–H and O–H groups in total. The molecule has 1 unspecified atom stereocenters. The number of hydrogen-bond donors (Lipinski definition) is 0. The van der Waals surface area contributed by atoms with Crippen LogP contribution in [0.15, 0.2) is 36.5 Å². The monoisotopic (exact) mass is 913 g/mol. The van der Waals surface area contributed by atoms with E-state index < -0.39 is 6.10 Å². The van der Waals surface area contributed by atoms with E-state index in [-0.39, 0.29) is 31.1 Å². The summed E-state index contributed by atoms with van der Waals surface area (Å²) in [6.07, 6.45) is 64.2. The molecule has 0 fully saturated rings. The molecule has 0 aromatic carbocycles. The van der Waals surface area contributed by atoms with Gasteiger partial charge in [0.1, 0.15) is 13.2 Å². The van der Waals surface area contributed by atoms with Gasteiger partial charge in [-0.2, -0.15) is 0 Å². The average molecular weight is 914 g/mol. The van der Waals surface area contributed by atoms with Crippen LogP contribution in [0.1, 0.15) is 303 Å². The summed E-state index contributed by atoms with van der Waals surface area (Å²) in [6, 6.07) is 0. The van der Waals surface area contributed by atoms with Gasteiger partial charge in [0.25, 0.3) is 0 Å². The average Bonchev–Trinajstić information content (AvgIpc) is 3.30. The Morgan fingerprint density at radius 1 is 0.292 bits per heavy atom. The Morgan fingerprint density at radius 2 is 0.508 bits per heavy atom. The number of carbonyl (C=O) groups is 3. The van der Waals surface area contributed by atoms with E-state index in [1.165, 1.54) is 193 Å². The number of ether oxygens (including phenoxy) is 3. The Kier molecular flexibility index (Phi) is 52.3. The second-order valence-corrected chi connectivity index (χ2v) is 19.2. The highest BCUT2D eigenvalue weighted by Gasteiger charge is 2.19. The number of allylic oxidation sites excluding steroid dienone is 6. The van der Waals surface area contributed by atoms with Gasteiger partial charge in [0.2, 0.25) is 0 Å². The second-order valence-electron chi connectivity index (χ2n) is 19.2. The predicted molar refractivity (Wildman–Crippen MR) is 279 cm³/mol. The molecule has 0 spiro atoms. The maximum absolute atomic E-state index is 12.8. The molecule has 0 aliphatic rings. The van der Waals surface area contributed by atoms with Crippen molar-refractivity contribution in [3.05, 3.63) is 36.5 Å². The van der Waals surface area contributed by atoms with Crippen LogP contribution in [-0.4, -0.2) is 37.2 Å². The maximum Gasteiger partial charge on any atom is 0.306 e. The van der Waals surface area contributed by atoms with Crippen LogP contribution in [0.5, 0.6) is 0 Å². The molecule has 0 aliphatic heterocycles. The second kappa shape index (κ2) is 54.2. The van der Waals surface area contributed by atoms with E-state index in [2.05, 4.69) is 57.2 Å². The van der Waals surface area contributed by atoms with E-state index in [0.29, 0.717) is 19.3 Å². The number of rotatable bonds is 52. The van der Waals surface area contributed by atoms with Crippen LogP contribution in [0.3, 0.4) is 0 Å². The molecule has 0 bridgehead atoms. The van der Waals surface area contributed by atoms with Crippen molar-refractivity contribution in [2.45, 2.75) is 309 Å². The van der Waals surface area contributed by atoms with Crippen molar-refractivity contribution in [3.8, 4) is 0 Å². The fourth-order valence-corrected chi connectivity index (χ4v) is 8.25. The lowest BCUT2D eigenvalue weighted by Crippen LogP contribution is -2.30. The summed E-state index contributed by atoms with van der Waals surface area (Å²) in [7, 11) is 0. The van der Waals surface area contributed by atoms with Gasteiger partial charge >= 0.3 is 17.9 Å². The lowest BCUT2D eigenvalue weighted by atomic mass is 10.1. The fourth-order valence-electron chi connectivity index (χ4n) is 8.25. The SMILES string of the molecule is CCCCCC/C=C\CCCCCCCC(=O)OCC(COC(=O)CCCCCCCCCCC/C=C\CCCCCCCC)OC(=O)CCCCCCC/C=C\CCCCCCCC. The number of hydrogen-bond acceptors (Lipinski definition) is 6. The lowest BCUT2D eigenvalue weighted by Gasteiger charge is -2.18. The molecular formula is C59H108O6. The van der Waals surface area contributed by atoms with Gasteiger partial charge in [-0.05, 0) is 96.3 Å². The molecule has 0 saturated heterocycles. The van der Waals surface area contributed by atoms with E-state index >= 15 is 0 Å². The number of unbranched alkanes of at least 4 members (excludes halogenated alkanes) is 35. The van der Waals surface area contributed by atoms with E-state index in [0.717, 1.165) is 70.6 Å². The van der Waals surface area contributed by atoms with Gasteiger partial charge in [-0.3, -0.25) is 14.4 Å². The molecule has 0 amide bonds. The minimum Gasteiger partial charge on any atom is -0.462 e. The third-order valence-corrected chi connectivity index (χ3v) is 12.6. The summed E-state index contributed by atoms with van der Waals surface area (Å²) in [5.41, 5.74) is 0. The van der Waals surface area contributed by atoms with Gasteiger partial charge in [0, 0.05) is 19.3 Å². The van der Waals surface area contributed by atoms with Gasteiger partial charge in [0.15, 0.2) is 6.10 Å². The molecule has 1 atom stereocenters. The highest BCUT2D eigenvalue weighted by atomic mass is 16.6. The van der Waals surface area contributed by atoms with Crippen molar-refractivity contribution in [1.29, 1.82) is 0 Å². The smallest absolute Gasteiger partial charge is 0.306 e. The first-order valence-electron chi connectivity index (χ1n) is 28.5. The van der Waals surface area contributed by atoms with Gasteiger partial charge in [-0.15, -0.1) is 0 Å². The zero-order valence-corrected chi connectivity index (χ0v) is 43.5. The van der Waals surface area contributed by atoms with Crippen molar-refractivity contribution >= 4 is 17.9 Å². The van der Waals surface area contributed by atoms with Crippen molar-refractivity contribution in [3.63, 3.8) is 0 Å². The summed E-state index contributed by atoms with van der Waals surface area (Å²) >= 11 is 0. The van der Waals surface area contributed by atoms with Crippen LogP contribution in [0.25, 0.3) is 0 Å². The van der Waals surface area contributed by atoms with Gasteiger partial charge in [-0.1, -0.05) is 224 Å². The van der Waals surface area contributed by atoms with Crippen LogP contribution in [0, 0.1) is 0 Å². The molecule has 380 valence electrons. The minimum absolute atomic E-state index is 0.0771. The van der Waals surface area contributed by atoms with Crippen molar-refractivity contribution < 1.29 is 28.6 Å². The zero-order valence-electron chi connectivity index (χ0n) is 43.5. The van der Waals surface area contributed by atoms with E-state index in [1.54, 1.807) is 0 Å². The molecular weight excluding hydrogens is 805 g/mol. The molecule has 0 rings (SSSR count). The Balaban J connectivity index is 4.34. The number of carbonyl (C=O) groups excluding carboxylic acids is 3. The molecule has 0 aromatic heterocycles. The largest absolute Gasteiger partial charge is 0.462 e. The first-order valence-corrected chi connectivity index (χ1v) is 28.5. The van der Waals surface area contributed by atoms with E-state index in [1.807, 2.05) is 0 Å². The zero-order chi connectivity index (χ0) is 47.2. The Labute approximate surface area is 404 Å². The summed E-state index contributed by atoms with van der Waals surface area (Å²) in [6.45, 7) is 6.63. The molecule has 6 heteroatoms. The van der Waals surface area contributed by atoms with Crippen LogP contribution in [0.4, 0.5) is 0 Å². The molecule has 0 heterocycles. The summed E-state index contributed by atoms with van der Waals surface area (Å²) in [4.78, 5) is 38.1. The maximum atomic E-state index is 12.8. The molecule has 0 aliphatic carbocycles. The quantitative estimate of drug-likeness (QED) is 0.0262. The summed E-state index contributed by atoms with van der Waals surface area (Å²) in [5.74, 6) is -0.883. The van der Waals surface area contributed by atoms with Crippen LogP contribution in [-0.2, 0) is 28.6 Å². The van der Waals surface area contributed by atoms with Crippen molar-refractivity contribution in [1.82, 2.24) is 0 Å². The Bertz CT molecular complexity index is 1090. The predicted octanol–water partition coefficient (Wildman–Crippen LogP) is 18.9. The summed E-state index contributed by atoms with van der Waals surface area (Å²) in [5, 5.41) is 0. The Hall–Kier alpha value is -2.37. The molecule has 65 heavy (non-hydrogen) atoms. The van der Waals surface area contributed by atoms with Crippen molar-refractivity contribution in [2.75, 3.05) is 13.2 Å². The first-order chi connectivity index (χ1) is 32.0. The van der Waals surface area contributed by atoms with Gasteiger partial charge < -0.3 is 14.2 Å². The van der Waals surface area contributed by atoms with Crippen molar-refractivity contribution in [2.24, 2.45) is 0 Å². The van der Waals surface area contributed by atoms with Crippen LogP contribution < -0.4 is 0 Å². The number of esters is 3. The van der Waals surface area contributed by atoms with E-state index in [4.69, 9.17) is 14.2 Å². The third kappa shape index (κ3) is 52.5. The van der Waals surface area contributed by atoms with Gasteiger partial charge in [0.05, 0.1) is 0 Å². The van der Waals surface area contributed by atoms with Crippen LogP contribution in [0.2, 0.25) is 0 Å². The fraction of sp³-hybridized carbons (Fsp3) is 0.847. The highest BCUT2D eigenvalue weighted by Crippen LogP contribution is 2.15. The molecule has 0 aromatic rings. The lowest BCUT2D eigenvalue weighted by molar-refractivity contribution is -0.167. The molecule has 0 radical (unpaired) electrons.